The van der Waals surface area contributed by atoms with Crippen LogP contribution in [0.5, 0.6) is 11.5 Å². The van der Waals surface area contributed by atoms with Crippen LogP contribution in [0.25, 0.3) is 0 Å². The molecule has 0 saturated carbocycles. The summed E-state index contributed by atoms with van der Waals surface area (Å²) in [5.41, 5.74) is 3.56. The molecule has 2 N–H and O–H groups in total. The van der Waals surface area contributed by atoms with E-state index in [2.05, 4.69) is 77.7 Å². The van der Waals surface area contributed by atoms with Gasteiger partial charge in [-0.15, -0.1) is 0 Å². The van der Waals surface area contributed by atoms with E-state index in [1.807, 2.05) is 6.07 Å². The van der Waals surface area contributed by atoms with Crippen LogP contribution in [0.1, 0.15) is 37.0 Å². The van der Waals surface area contributed by atoms with E-state index in [1.165, 1.54) is 17.5 Å². The van der Waals surface area contributed by atoms with E-state index in [-0.39, 0.29) is 0 Å². The van der Waals surface area contributed by atoms with Crippen molar-refractivity contribution in [3.8, 4) is 11.5 Å². The molecule has 1 atom stereocenters. The fourth-order valence-corrected chi connectivity index (χ4v) is 4.01. The number of hydrogen-bond acceptors (Lipinski definition) is 4. The molecule has 1 aliphatic rings. The number of benzene rings is 2. The molecule has 158 valence electrons. The van der Waals surface area contributed by atoms with Gasteiger partial charge in [0.1, 0.15) is 18.1 Å². The van der Waals surface area contributed by atoms with E-state index in [4.69, 9.17) is 9.47 Å². The standard InChI is InChI=1S/C24H33BrN2O2/c1-17(2)15-28-22-9-20(14-27-13-19-6-7-26-12-19)10-23(11-22)29-16-21-5-4-18(3)8-24(21)25/h4-5,8-11,17,19,26-27H,6-7,12-16H2,1-3H3. The summed E-state index contributed by atoms with van der Waals surface area (Å²) in [7, 11) is 0. The van der Waals surface area contributed by atoms with Crippen molar-refractivity contribution in [3.05, 3.63) is 57.6 Å². The van der Waals surface area contributed by atoms with Crippen LogP contribution in [0.2, 0.25) is 0 Å². The van der Waals surface area contributed by atoms with E-state index in [1.54, 1.807) is 0 Å². The molecule has 3 rings (SSSR count). The maximum absolute atomic E-state index is 6.13. The molecule has 0 spiro atoms. The van der Waals surface area contributed by atoms with Crippen molar-refractivity contribution in [2.45, 2.75) is 40.3 Å². The van der Waals surface area contributed by atoms with Gasteiger partial charge in [-0.3, -0.25) is 0 Å². The van der Waals surface area contributed by atoms with Crippen LogP contribution < -0.4 is 20.1 Å². The molecular formula is C24H33BrN2O2. The van der Waals surface area contributed by atoms with Gasteiger partial charge in [-0.25, -0.2) is 0 Å². The number of ether oxygens (including phenoxy) is 2. The second-order valence-electron chi connectivity index (χ2n) is 8.39. The highest BCUT2D eigenvalue weighted by Gasteiger charge is 2.14. The molecule has 0 bridgehead atoms. The monoisotopic (exact) mass is 460 g/mol. The molecule has 0 aliphatic carbocycles. The SMILES string of the molecule is Cc1ccc(COc2cc(CNCC3CCNC3)cc(OCC(C)C)c2)c(Br)c1. The van der Waals surface area contributed by atoms with Crippen molar-refractivity contribution in [1.82, 2.24) is 10.6 Å². The average molecular weight is 461 g/mol. The number of aryl methyl sites for hydroxylation is 1. The summed E-state index contributed by atoms with van der Waals surface area (Å²) in [5, 5.41) is 7.02. The van der Waals surface area contributed by atoms with Crippen LogP contribution in [-0.4, -0.2) is 26.2 Å². The smallest absolute Gasteiger partial charge is 0.123 e. The maximum atomic E-state index is 6.13. The molecule has 1 heterocycles. The first-order valence-corrected chi connectivity index (χ1v) is 11.3. The topological polar surface area (TPSA) is 42.5 Å². The van der Waals surface area contributed by atoms with Gasteiger partial charge in [0.2, 0.25) is 0 Å². The Balaban J connectivity index is 1.65. The Morgan fingerprint density at radius 3 is 2.62 bits per heavy atom. The Hall–Kier alpha value is -1.56. The number of rotatable bonds is 10. The second kappa shape index (κ2) is 11.0. The van der Waals surface area contributed by atoms with Crippen LogP contribution in [0, 0.1) is 18.8 Å². The predicted molar refractivity (Wildman–Crippen MR) is 123 cm³/mol. The molecule has 0 aromatic heterocycles. The summed E-state index contributed by atoms with van der Waals surface area (Å²) in [6, 6.07) is 12.6. The minimum Gasteiger partial charge on any atom is -0.493 e. The minimum absolute atomic E-state index is 0.486. The lowest BCUT2D eigenvalue weighted by atomic mass is 10.1. The molecule has 1 unspecified atom stereocenters. The zero-order valence-corrected chi connectivity index (χ0v) is 19.3. The second-order valence-corrected chi connectivity index (χ2v) is 9.25. The number of halogens is 1. The molecular weight excluding hydrogens is 428 g/mol. The molecule has 0 radical (unpaired) electrons. The van der Waals surface area contributed by atoms with Gasteiger partial charge in [-0.1, -0.05) is 41.9 Å². The Morgan fingerprint density at radius 2 is 1.93 bits per heavy atom. The van der Waals surface area contributed by atoms with Gasteiger partial charge in [-0.2, -0.15) is 0 Å². The first kappa shape index (κ1) is 22.1. The largest absolute Gasteiger partial charge is 0.493 e. The third-order valence-corrected chi connectivity index (χ3v) is 5.79. The normalized spacial score (nSPS) is 16.4. The minimum atomic E-state index is 0.486. The van der Waals surface area contributed by atoms with Gasteiger partial charge in [-0.05, 0) is 74.1 Å². The third kappa shape index (κ3) is 7.32. The zero-order valence-electron chi connectivity index (χ0n) is 17.8. The molecule has 2 aromatic rings. The number of hydrogen-bond donors (Lipinski definition) is 2. The molecule has 1 saturated heterocycles. The number of nitrogens with one attached hydrogen (secondary N) is 2. The van der Waals surface area contributed by atoms with E-state index >= 15 is 0 Å². The Kier molecular flexibility index (Phi) is 8.40. The molecule has 0 amide bonds. The highest BCUT2D eigenvalue weighted by Crippen LogP contribution is 2.26. The summed E-state index contributed by atoms with van der Waals surface area (Å²) in [4.78, 5) is 0. The van der Waals surface area contributed by atoms with Crippen LogP contribution in [0.15, 0.2) is 40.9 Å². The van der Waals surface area contributed by atoms with Gasteiger partial charge in [0.15, 0.2) is 0 Å². The molecule has 2 aromatic carbocycles. The molecule has 4 nitrogen and oxygen atoms in total. The fraction of sp³-hybridized carbons (Fsp3) is 0.500. The Labute approximate surface area is 183 Å². The Bertz CT molecular complexity index is 788. The predicted octanol–water partition coefficient (Wildman–Crippen LogP) is 5.07. The van der Waals surface area contributed by atoms with E-state index in [0.717, 1.165) is 53.6 Å². The van der Waals surface area contributed by atoms with Gasteiger partial charge >= 0.3 is 0 Å². The lowest BCUT2D eigenvalue weighted by Gasteiger charge is -2.15. The summed E-state index contributed by atoms with van der Waals surface area (Å²) in [6.45, 7) is 11.7. The van der Waals surface area contributed by atoms with Gasteiger partial charge in [0, 0.05) is 22.6 Å². The summed E-state index contributed by atoms with van der Waals surface area (Å²) in [5.74, 6) is 2.93. The Morgan fingerprint density at radius 1 is 1.14 bits per heavy atom. The van der Waals surface area contributed by atoms with Gasteiger partial charge in [0.25, 0.3) is 0 Å². The quantitative estimate of drug-likeness (QED) is 0.519. The molecule has 1 fully saturated rings. The van der Waals surface area contributed by atoms with E-state index in [9.17, 15) is 0 Å². The highest BCUT2D eigenvalue weighted by molar-refractivity contribution is 9.10. The lowest BCUT2D eigenvalue weighted by molar-refractivity contribution is 0.265. The first-order valence-electron chi connectivity index (χ1n) is 10.6. The van der Waals surface area contributed by atoms with Gasteiger partial charge < -0.3 is 20.1 Å². The van der Waals surface area contributed by atoms with Crippen LogP contribution in [0.3, 0.4) is 0 Å². The van der Waals surface area contributed by atoms with Crippen molar-refractivity contribution in [1.29, 1.82) is 0 Å². The first-order chi connectivity index (χ1) is 14.0. The average Bonchev–Trinajstić information content (AvgIpc) is 3.19. The van der Waals surface area contributed by atoms with Crippen molar-refractivity contribution in [2.24, 2.45) is 11.8 Å². The van der Waals surface area contributed by atoms with E-state index < -0.39 is 0 Å². The summed E-state index contributed by atoms with van der Waals surface area (Å²) in [6.07, 6.45) is 1.25. The lowest BCUT2D eigenvalue weighted by Crippen LogP contribution is -2.24. The maximum Gasteiger partial charge on any atom is 0.123 e. The third-order valence-electron chi connectivity index (χ3n) is 5.05. The van der Waals surface area contributed by atoms with Crippen LogP contribution in [-0.2, 0) is 13.2 Å². The van der Waals surface area contributed by atoms with E-state index in [0.29, 0.717) is 19.1 Å². The molecule has 29 heavy (non-hydrogen) atoms. The summed E-state index contributed by atoms with van der Waals surface area (Å²) >= 11 is 3.64. The van der Waals surface area contributed by atoms with Crippen molar-refractivity contribution in [2.75, 3.05) is 26.2 Å². The molecule has 1 aliphatic heterocycles. The van der Waals surface area contributed by atoms with Crippen LogP contribution >= 0.6 is 15.9 Å². The van der Waals surface area contributed by atoms with Gasteiger partial charge in [0.05, 0.1) is 6.61 Å². The van der Waals surface area contributed by atoms with Crippen molar-refractivity contribution < 1.29 is 9.47 Å². The van der Waals surface area contributed by atoms with Crippen molar-refractivity contribution in [3.63, 3.8) is 0 Å². The fourth-order valence-electron chi connectivity index (χ4n) is 3.40. The zero-order chi connectivity index (χ0) is 20.6. The van der Waals surface area contributed by atoms with Crippen molar-refractivity contribution >= 4 is 15.9 Å². The highest BCUT2D eigenvalue weighted by atomic mass is 79.9. The molecule has 5 heteroatoms. The van der Waals surface area contributed by atoms with Crippen LogP contribution in [0.4, 0.5) is 0 Å². The summed E-state index contributed by atoms with van der Waals surface area (Å²) < 4.78 is 13.2.